The number of halogens is 1. The molecule has 0 bridgehead atoms. The number of hydrogen-bond acceptors (Lipinski definition) is 2. The molecule has 2 nitrogen and oxygen atoms in total. The largest absolute Gasteiger partial charge is 0.370 e. The van der Waals surface area contributed by atoms with Crippen LogP contribution in [0.4, 0.5) is 5.82 Å². The number of rotatable bonds is 5. The van der Waals surface area contributed by atoms with Crippen molar-refractivity contribution in [3.05, 3.63) is 59.2 Å². The highest BCUT2D eigenvalue weighted by Gasteiger charge is 2.04. The molecule has 0 spiro atoms. The van der Waals surface area contributed by atoms with Crippen molar-refractivity contribution in [3.63, 3.8) is 0 Å². The molecule has 1 N–H and O–H groups in total. The van der Waals surface area contributed by atoms with Gasteiger partial charge in [0, 0.05) is 6.54 Å². The molecular weight excluding hydrogens is 244 g/mol. The number of nitrogens with one attached hydrogen (secondary N) is 1. The van der Waals surface area contributed by atoms with Crippen molar-refractivity contribution < 1.29 is 0 Å². The summed E-state index contributed by atoms with van der Waals surface area (Å²) in [5.74, 6) is 1.38. The molecule has 1 aromatic heterocycles. The minimum Gasteiger partial charge on any atom is -0.370 e. The molecule has 94 valence electrons. The average molecular weight is 261 g/mol. The van der Waals surface area contributed by atoms with Gasteiger partial charge in [0.2, 0.25) is 0 Å². The number of nitrogens with zero attached hydrogens (tertiary/aromatic N) is 1. The summed E-state index contributed by atoms with van der Waals surface area (Å²) in [6, 6.07) is 16.2. The summed E-state index contributed by atoms with van der Waals surface area (Å²) in [7, 11) is 0. The topological polar surface area (TPSA) is 24.9 Å². The summed E-state index contributed by atoms with van der Waals surface area (Å²) < 4.78 is 0. The van der Waals surface area contributed by atoms with Crippen LogP contribution in [0.15, 0.2) is 48.5 Å². The lowest BCUT2D eigenvalue weighted by molar-refractivity contribution is 0.705. The van der Waals surface area contributed by atoms with Crippen LogP contribution < -0.4 is 5.32 Å². The average Bonchev–Trinajstić information content (AvgIpc) is 2.40. The van der Waals surface area contributed by atoms with Gasteiger partial charge in [-0.25, -0.2) is 4.98 Å². The van der Waals surface area contributed by atoms with Gasteiger partial charge in [-0.15, -0.1) is 0 Å². The fourth-order valence-electron chi connectivity index (χ4n) is 1.87. The summed E-state index contributed by atoms with van der Waals surface area (Å²) in [5, 5.41) is 3.81. The Balaban J connectivity index is 1.82. The van der Waals surface area contributed by atoms with Gasteiger partial charge in [0.1, 0.15) is 11.0 Å². The summed E-state index contributed by atoms with van der Waals surface area (Å²) >= 11 is 5.83. The van der Waals surface area contributed by atoms with Crippen molar-refractivity contribution in [2.45, 2.75) is 19.3 Å². The van der Waals surface area contributed by atoms with Crippen LogP contribution in [0, 0.1) is 0 Å². The number of pyridine rings is 1. The third-order valence-electron chi connectivity index (χ3n) is 2.97. The second-order valence-corrected chi connectivity index (χ2v) is 4.76. The van der Waals surface area contributed by atoms with Crippen molar-refractivity contribution in [1.29, 1.82) is 0 Å². The Morgan fingerprint density at radius 2 is 1.89 bits per heavy atom. The van der Waals surface area contributed by atoms with Gasteiger partial charge >= 0.3 is 0 Å². The van der Waals surface area contributed by atoms with Crippen LogP contribution in [0.5, 0.6) is 0 Å². The summed E-state index contributed by atoms with van der Waals surface area (Å²) in [5.41, 5.74) is 1.37. The van der Waals surface area contributed by atoms with Crippen molar-refractivity contribution in [2.75, 3.05) is 11.9 Å². The normalized spacial score (nSPS) is 12.1. The highest BCUT2D eigenvalue weighted by molar-refractivity contribution is 6.29. The Morgan fingerprint density at radius 1 is 1.11 bits per heavy atom. The van der Waals surface area contributed by atoms with Crippen LogP contribution in [0.2, 0.25) is 5.15 Å². The molecule has 0 radical (unpaired) electrons. The number of anilines is 1. The molecule has 1 atom stereocenters. The molecule has 0 fully saturated rings. The van der Waals surface area contributed by atoms with E-state index in [1.54, 1.807) is 6.07 Å². The molecule has 0 aliphatic carbocycles. The second-order valence-electron chi connectivity index (χ2n) is 4.37. The van der Waals surface area contributed by atoms with E-state index < -0.39 is 0 Å². The van der Waals surface area contributed by atoms with Gasteiger partial charge in [-0.05, 0) is 30.0 Å². The van der Waals surface area contributed by atoms with Gasteiger partial charge in [-0.2, -0.15) is 0 Å². The fourth-order valence-corrected chi connectivity index (χ4v) is 2.04. The molecule has 2 rings (SSSR count). The van der Waals surface area contributed by atoms with Gasteiger partial charge in [0.05, 0.1) is 0 Å². The zero-order chi connectivity index (χ0) is 12.8. The minimum absolute atomic E-state index is 0.524. The van der Waals surface area contributed by atoms with E-state index in [-0.39, 0.29) is 0 Å². The lowest BCUT2D eigenvalue weighted by atomic mass is 9.98. The zero-order valence-electron chi connectivity index (χ0n) is 10.4. The third kappa shape index (κ3) is 3.74. The van der Waals surface area contributed by atoms with Crippen molar-refractivity contribution in [2.24, 2.45) is 0 Å². The first kappa shape index (κ1) is 12.9. The van der Waals surface area contributed by atoms with E-state index in [1.165, 1.54) is 5.56 Å². The maximum Gasteiger partial charge on any atom is 0.131 e. The second kappa shape index (κ2) is 6.41. The smallest absolute Gasteiger partial charge is 0.131 e. The van der Waals surface area contributed by atoms with E-state index >= 15 is 0 Å². The number of aromatic nitrogens is 1. The Labute approximate surface area is 113 Å². The summed E-state index contributed by atoms with van der Waals surface area (Å²) in [6.07, 6.45) is 1.07. The van der Waals surface area contributed by atoms with Crippen molar-refractivity contribution in [1.82, 2.24) is 4.98 Å². The summed E-state index contributed by atoms with van der Waals surface area (Å²) in [6.45, 7) is 3.13. The maximum atomic E-state index is 5.83. The van der Waals surface area contributed by atoms with Crippen LogP contribution in [0.25, 0.3) is 0 Å². The Bertz CT molecular complexity index is 485. The van der Waals surface area contributed by atoms with Crippen LogP contribution in [0.3, 0.4) is 0 Å². The molecule has 0 saturated heterocycles. The lowest BCUT2D eigenvalue weighted by Gasteiger charge is -2.12. The zero-order valence-corrected chi connectivity index (χ0v) is 11.2. The van der Waals surface area contributed by atoms with Gasteiger partial charge in [0.15, 0.2) is 0 Å². The standard InChI is InChI=1S/C15H17ClN2/c1-12(13-6-3-2-4-7-13)10-11-17-15-9-5-8-14(16)18-15/h2-9,12H,10-11H2,1H3,(H,17,18). The predicted molar refractivity (Wildman–Crippen MR) is 77.2 cm³/mol. The molecule has 3 heteroatoms. The molecule has 0 saturated carbocycles. The SMILES string of the molecule is CC(CCNc1cccc(Cl)n1)c1ccccc1. The first-order chi connectivity index (χ1) is 8.75. The molecule has 1 unspecified atom stereocenters. The lowest BCUT2D eigenvalue weighted by Crippen LogP contribution is -2.07. The first-order valence-electron chi connectivity index (χ1n) is 6.17. The van der Waals surface area contributed by atoms with E-state index in [0.29, 0.717) is 11.1 Å². The highest BCUT2D eigenvalue weighted by atomic mass is 35.5. The third-order valence-corrected chi connectivity index (χ3v) is 3.18. The van der Waals surface area contributed by atoms with Gasteiger partial charge in [-0.3, -0.25) is 0 Å². The van der Waals surface area contributed by atoms with Crippen LogP contribution in [0.1, 0.15) is 24.8 Å². The molecule has 2 aromatic rings. The van der Waals surface area contributed by atoms with E-state index in [2.05, 4.69) is 41.5 Å². The van der Waals surface area contributed by atoms with Gasteiger partial charge < -0.3 is 5.32 Å². The van der Waals surface area contributed by atoms with Gasteiger partial charge in [0.25, 0.3) is 0 Å². The van der Waals surface area contributed by atoms with E-state index in [1.807, 2.05) is 18.2 Å². The molecule has 18 heavy (non-hydrogen) atoms. The van der Waals surface area contributed by atoms with Crippen LogP contribution in [-0.2, 0) is 0 Å². The maximum absolute atomic E-state index is 5.83. The number of benzene rings is 1. The molecule has 1 aromatic carbocycles. The van der Waals surface area contributed by atoms with E-state index in [0.717, 1.165) is 18.8 Å². The molecule has 1 heterocycles. The van der Waals surface area contributed by atoms with Crippen molar-refractivity contribution >= 4 is 17.4 Å². The van der Waals surface area contributed by atoms with Crippen LogP contribution in [-0.4, -0.2) is 11.5 Å². The van der Waals surface area contributed by atoms with E-state index in [9.17, 15) is 0 Å². The molecule has 0 amide bonds. The molecule has 0 aliphatic rings. The first-order valence-corrected chi connectivity index (χ1v) is 6.55. The monoisotopic (exact) mass is 260 g/mol. The highest BCUT2D eigenvalue weighted by Crippen LogP contribution is 2.18. The predicted octanol–water partition coefficient (Wildman–Crippen LogP) is 4.34. The van der Waals surface area contributed by atoms with E-state index in [4.69, 9.17) is 11.6 Å². The van der Waals surface area contributed by atoms with Crippen LogP contribution >= 0.6 is 11.6 Å². The van der Waals surface area contributed by atoms with Crippen molar-refractivity contribution in [3.8, 4) is 0 Å². The summed E-state index contributed by atoms with van der Waals surface area (Å²) in [4.78, 5) is 4.20. The molecular formula is C15H17ClN2. The fraction of sp³-hybridized carbons (Fsp3) is 0.267. The van der Waals surface area contributed by atoms with Gasteiger partial charge in [-0.1, -0.05) is 54.9 Å². The number of hydrogen-bond donors (Lipinski definition) is 1. The minimum atomic E-state index is 0.524. The quantitative estimate of drug-likeness (QED) is 0.809. The Morgan fingerprint density at radius 3 is 2.61 bits per heavy atom. The molecule has 0 aliphatic heterocycles. The Kier molecular flexibility index (Phi) is 4.59. The Hall–Kier alpha value is -1.54.